The predicted octanol–water partition coefficient (Wildman–Crippen LogP) is 13.2. The fourth-order valence-corrected chi connectivity index (χ4v) is 8.27. The summed E-state index contributed by atoms with van der Waals surface area (Å²) >= 11 is 0. The number of benzene rings is 7. The molecule has 9 rings (SSSR count). The maximum Gasteiger partial charge on any atom is 0.417 e. The predicted molar refractivity (Wildman–Crippen MR) is 219 cm³/mol. The van der Waals surface area contributed by atoms with Gasteiger partial charge in [0.25, 0.3) is 0 Å². The van der Waals surface area contributed by atoms with E-state index in [0.717, 1.165) is 77.6 Å². The third-order valence-electron chi connectivity index (χ3n) is 10.8. The third kappa shape index (κ3) is 5.51. The topological polar surface area (TPSA) is 57.4 Å². The average Bonchev–Trinajstić information content (AvgIpc) is 3.67. The highest BCUT2D eigenvalue weighted by atomic mass is 19.4. The highest BCUT2D eigenvalue weighted by Gasteiger charge is 2.35. The van der Waals surface area contributed by atoms with Crippen molar-refractivity contribution in [2.45, 2.75) is 33.9 Å². The van der Waals surface area contributed by atoms with Crippen molar-refractivity contribution in [2.75, 3.05) is 0 Å². The minimum atomic E-state index is -4.75. The summed E-state index contributed by atoms with van der Waals surface area (Å²) in [4.78, 5) is 0. The number of rotatable bonds is 4. The molecule has 0 saturated heterocycles. The standard InChI is InChI=1S/C49H33F3N4/c1-28-5-14-44-38(19-28)39-20-29(2)6-15-45(39)55(44)34-11-13-35(36-12-9-33(27-54)24-43(36)49(50,51)52)37(25-34)42-23-32(26-53)10-18-48(42)56-46-16-7-30(3)21-40(46)41-22-31(4)8-17-47(41)56/h5-25H,1-4H3. The molecule has 0 radical (unpaired) electrons. The molecule has 0 spiro atoms. The lowest BCUT2D eigenvalue weighted by Gasteiger charge is -2.21. The minimum absolute atomic E-state index is 0.0618. The van der Waals surface area contributed by atoms with Crippen molar-refractivity contribution in [1.82, 2.24) is 9.13 Å². The molecule has 2 aromatic heterocycles. The van der Waals surface area contributed by atoms with Crippen LogP contribution in [-0.2, 0) is 6.18 Å². The Morgan fingerprint density at radius 3 is 1.36 bits per heavy atom. The van der Waals surface area contributed by atoms with E-state index in [2.05, 4.69) is 116 Å². The van der Waals surface area contributed by atoms with Crippen LogP contribution in [0.15, 0.2) is 127 Å². The largest absolute Gasteiger partial charge is 0.417 e. The molecule has 0 saturated carbocycles. The van der Waals surface area contributed by atoms with E-state index in [1.807, 2.05) is 24.3 Å². The lowest BCUT2D eigenvalue weighted by atomic mass is 9.89. The molecule has 7 heteroatoms. The summed E-state index contributed by atoms with van der Waals surface area (Å²) in [6, 6.07) is 44.0. The van der Waals surface area contributed by atoms with Gasteiger partial charge in [-0.25, -0.2) is 0 Å². The van der Waals surface area contributed by atoms with Crippen molar-refractivity contribution in [1.29, 1.82) is 10.5 Å². The Bertz CT molecular complexity index is 3080. The van der Waals surface area contributed by atoms with Crippen LogP contribution in [0.4, 0.5) is 13.2 Å². The number of halogens is 3. The van der Waals surface area contributed by atoms with E-state index in [1.165, 1.54) is 12.1 Å². The van der Waals surface area contributed by atoms with Gasteiger partial charge in [0.2, 0.25) is 0 Å². The number of nitrogens with zero attached hydrogens (tertiary/aromatic N) is 4. The van der Waals surface area contributed by atoms with Crippen molar-refractivity contribution in [3.8, 4) is 45.8 Å². The SMILES string of the molecule is Cc1ccc2c(c1)c1cc(C)ccc1n2-c1ccc(-c2ccc(C#N)cc2C(F)(F)F)c(-c2cc(C#N)ccc2-n2c3ccc(C)cc3c3cc(C)ccc32)c1. The summed E-state index contributed by atoms with van der Waals surface area (Å²) in [5.41, 5.74) is 10.4. The molecular weight excluding hydrogens is 702 g/mol. The lowest BCUT2D eigenvalue weighted by Crippen LogP contribution is -2.08. The number of nitriles is 2. The molecule has 7 aromatic carbocycles. The zero-order valence-electron chi connectivity index (χ0n) is 31.0. The average molecular weight is 735 g/mol. The maximum absolute atomic E-state index is 15.0. The molecule has 0 unspecified atom stereocenters. The normalized spacial score (nSPS) is 11.8. The first-order valence-corrected chi connectivity index (χ1v) is 18.3. The van der Waals surface area contributed by atoms with E-state index in [0.29, 0.717) is 27.9 Å². The van der Waals surface area contributed by atoms with E-state index >= 15 is 0 Å². The molecule has 0 N–H and O–H groups in total. The summed E-state index contributed by atoms with van der Waals surface area (Å²) in [5, 5.41) is 24.1. The first-order chi connectivity index (χ1) is 26.9. The van der Waals surface area contributed by atoms with Crippen molar-refractivity contribution in [3.63, 3.8) is 0 Å². The van der Waals surface area contributed by atoms with Crippen LogP contribution in [0.5, 0.6) is 0 Å². The van der Waals surface area contributed by atoms with Gasteiger partial charge < -0.3 is 9.13 Å². The van der Waals surface area contributed by atoms with Crippen molar-refractivity contribution < 1.29 is 13.2 Å². The van der Waals surface area contributed by atoms with Gasteiger partial charge in [0.05, 0.1) is 56.6 Å². The Hall–Kier alpha value is -7.09. The van der Waals surface area contributed by atoms with Crippen molar-refractivity contribution >= 4 is 43.6 Å². The lowest BCUT2D eigenvalue weighted by molar-refractivity contribution is -0.137. The number of aromatic nitrogens is 2. The second-order valence-corrected chi connectivity index (χ2v) is 14.7. The van der Waals surface area contributed by atoms with Crippen molar-refractivity contribution in [3.05, 3.63) is 166 Å². The molecule has 0 fully saturated rings. The molecule has 0 aliphatic carbocycles. The number of fused-ring (bicyclic) bond motifs is 6. The fourth-order valence-electron chi connectivity index (χ4n) is 8.27. The quantitative estimate of drug-likeness (QED) is 0.181. The monoisotopic (exact) mass is 734 g/mol. The fraction of sp³-hybridized carbons (Fsp3) is 0.102. The van der Waals surface area contributed by atoms with Crippen LogP contribution in [0.3, 0.4) is 0 Å². The Labute approximate surface area is 321 Å². The van der Waals surface area contributed by atoms with Crippen LogP contribution in [0.2, 0.25) is 0 Å². The van der Waals surface area contributed by atoms with Crippen LogP contribution in [0.1, 0.15) is 38.9 Å². The Kier molecular flexibility index (Phi) is 7.90. The molecule has 0 aliphatic rings. The minimum Gasteiger partial charge on any atom is -0.309 e. The smallest absolute Gasteiger partial charge is 0.309 e. The first kappa shape index (κ1) is 34.7. The molecule has 2 heterocycles. The molecule has 0 atom stereocenters. The highest BCUT2D eigenvalue weighted by molar-refractivity contribution is 6.11. The van der Waals surface area contributed by atoms with Crippen LogP contribution >= 0.6 is 0 Å². The van der Waals surface area contributed by atoms with Gasteiger partial charge in [0.15, 0.2) is 0 Å². The van der Waals surface area contributed by atoms with Gasteiger partial charge in [0.1, 0.15) is 0 Å². The Morgan fingerprint density at radius 2 is 0.875 bits per heavy atom. The summed E-state index contributed by atoms with van der Waals surface area (Å²) in [6.07, 6.45) is -4.75. The van der Waals surface area contributed by atoms with E-state index in [9.17, 15) is 23.7 Å². The van der Waals surface area contributed by atoms with Gasteiger partial charge in [0, 0.05) is 32.8 Å². The van der Waals surface area contributed by atoms with E-state index in [4.69, 9.17) is 0 Å². The summed E-state index contributed by atoms with van der Waals surface area (Å²) in [5.74, 6) is 0. The van der Waals surface area contributed by atoms with E-state index < -0.39 is 11.7 Å². The molecule has 0 aliphatic heterocycles. The molecule has 9 aromatic rings. The molecule has 0 bridgehead atoms. The maximum atomic E-state index is 15.0. The first-order valence-electron chi connectivity index (χ1n) is 18.3. The number of alkyl halides is 3. The zero-order valence-corrected chi connectivity index (χ0v) is 31.0. The number of hydrogen-bond acceptors (Lipinski definition) is 2. The van der Waals surface area contributed by atoms with Crippen LogP contribution in [0.25, 0.3) is 77.2 Å². The zero-order chi connectivity index (χ0) is 39.0. The van der Waals surface area contributed by atoms with Gasteiger partial charge in [-0.15, -0.1) is 0 Å². The van der Waals surface area contributed by atoms with E-state index in [-0.39, 0.29) is 11.1 Å². The third-order valence-corrected chi connectivity index (χ3v) is 10.8. The second-order valence-electron chi connectivity index (χ2n) is 14.7. The van der Waals surface area contributed by atoms with Gasteiger partial charge >= 0.3 is 6.18 Å². The molecular formula is C49H33F3N4. The van der Waals surface area contributed by atoms with Crippen LogP contribution in [0, 0.1) is 50.4 Å². The number of aryl methyl sites for hydroxylation is 4. The van der Waals surface area contributed by atoms with Crippen LogP contribution in [-0.4, -0.2) is 9.13 Å². The summed E-state index contributed by atoms with van der Waals surface area (Å²) in [7, 11) is 0. The Balaban J connectivity index is 1.43. The molecule has 0 amide bonds. The van der Waals surface area contributed by atoms with Gasteiger partial charge in [-0.3, -0.25) is 0 Å². The molecule has 270 valence electrons. The molecule has 56 heavy (non-hydrogen) atoms. The van der Waals surface area contributed by atoms with Gasteiger partial charge in [-0.2, -0.15) is 23.7 Å². The van der Waals surface area contributed by atoms with Gasteiger partial charge in [-0.1, -0.05) is 58.7 Å². The van der Waals surface area contributed by atoms with E-state index in [1.54, 1.807) is 18.2 Å². The summed E-state index contributed by atoms with van der Waals surface area (Å²) < 4.78 is 49.2. The Morgan fingerprint density at radius 1 is 0.429 bits per heavy atom. The second kappa shape index (κ2) is 12.8. The molecule has 4 nitrogen and oxygen atoms in total. The van der Waals surface area contributed by atoms with Crippen molar-refractivity contribution in [2.24, 2.45) is 0 Å². The van der Waals surface area contributed by atoms with Crippen LogP contribution < -0.4 is 0 Å². The highest BCUT2D eigenvalue weighted by Crippen LogP contribution is 2.46. The summed E-state index contributed by atoms with van der Waals surface area (Å²) in [6.45, 7) is 8.22. The van der Waals surface area contributed by atoms with Gasteiger partial charge in [-0.05, 0) is 135 Å². The number of hydrogen-bond donors (Lipinski definition) is 0.